The van der Waals surface area contributed by atoms with Crippen LogP contribution < -0.4 is 0 Å². The third kappa shape index (κ3) is 1.04. The van der Waals surface area contributed by atoms with Gasteiger partial charge in [-0.3, -0.25) is 0 Å². The molecule has 0 aliphatic carbocycles. The Labute approximate surface area is 56.7 Å². The van der Waals surface area contributed by atoms with Gasteiger partial charge in [-0.1, -0.05) is 0 Å². The molecule has 1 heteroatoms. The molecule has 1 aliphatic rings. The molecule has 0 aromatic rings. The van der Waals surface area contributed by atoms with Crippen LogP contribution in [0.4, 0.5) is 0 Å². The van der Waals surface area contributed by atoms with Gasteiger partial charge in [0.1, 0.15) is 12.8 Å². The second kappa shape index (κ2) is 2.34. The van der Waals surface area contributed by atoms with Crippen molar-refractivity contribution in [2.24, 2.45) is 0 Å². The fourth-order valence-electron chi connectivity index (χ4n) is 1.14. The van der Waals surface area contributed by atoms with E-state index in [2.05, 4.69) is 31.6 Å². The van der Waals surface area contributed by atoms with Crippen molar-refractivity contribution in [3.63, 3.8) is 0 Å². The second-order valence-corrected chi connectivity index (χ2v) is 2.54. The largest absolute Gasteiger partial charge is 0.207 e. The summed E-state index contributed by atoms with van der Waals surface area (Å²) in [4.78, 5) is 0. The molecule has 0 atom stereocenters. The van der Waals surface area contributed by atoms with Crippen LogP contribution >= 0.6 is 0 Å². The molecule has 1 rings (SSSR count). The van der Waals surface area contributed by atoms with E-state index in [0.29, 0.717) is 0 Å². The molecule has 0 aromatic heterocycles. The molecule has 0 radical (unpaired) electrons. The first-order valence-corrected chi connectivity index (χ1v) is 3.52. The van der Waals surface area contributed by atoms with E-state index < -0.39 is 0 Å². The van der Waals surface area contributed by atoms with Crippen LogP contribution in [0.5, 0.6) is 0 Å². The fraction of sp³-hybridized carbons (Fsp3) is 0.625. The summed E-state index contributed by atoms with van der Waals surface area (Å²) in [6.45, 7) is 7.67. The van der Waals surface area contributed by atoms with Crippen molar-refractivity contribution >= 4 is 6.21 Å². The molecule has 0 unspecified atom stereocenters. The van der Waals surface area contributed by atoms with Gasteiger partial charge in [0.05, 0.1) is 6.42 Å². The Morgan fingerprint density at radius 2 is 2.22 bits per heavy atom. The SMILES string of the molecule is CC[N+]1=CCC(C)=C1C. The van der Waals surface area contributed by atoms with E-state index in [4.69, 9.17) is 0 Å². The Bertz CT molecular complexity index is 175. The van der Waals surface area contributed by atoms with E-state index in [1.165, 1.54) is 11.3 Å². The Morgan fingerprint density at radius 3 is 2.44 bits per heavy atom. The predicted octanol–water partition coefficient (Wildman–Crippen LogP) is 1.79. The first-order valence-electron chi connectivity index (χ1n) is 3.52. The van der Waals surface area contributed by atoms with Gasteiger partial charge in [-0.15, -0.1) is 0 Å². The summed E-state index contributed by atoms with van der Waals surface area (Å²) in [6.07, 6.45) is 3.41. The number of nitrogens with zero attached hydrogens (tertiary/aromatic N) is 1. The molecule has 0 spiro atoms. The summed E-state index contributed by atoms with van der Waals surface area (Å²) in [5.41, 5.74) is 2.95. The Hall–Kier alpha value is -0.590. The molecular weight excluding hydrogens is 110 g/mol. The normalized spacial score (nSPS) is 18.8. The maximum Gasteiger partial charge on any atom is 0.177 e. The highest BCUT2D eigenvalue weighted by Crippen LogP contribution is 2.12. The first kappa shape index (κ1) is 6.53. The van der Waals surface area contributed by atoms with Crippen molar-refractivity contribution < 1.29 is 4.58 Å². The molecule has 0 amide bonds. The minimum Gasteiger partial charge on any atom is -0.207 e. The maximum absolute atomic E-state index is 2.30. The van der Waals surface area contributed by atoms with Crippen LogP contribution in [-0.2, 0) is 0 Å². The van der Waals surface area contributed by atoms with E-state index in [1.54, 1.807) is 0 Å². The number of allylic oxidation sites excluding steroid dienone is 2. The molecule has 0 saturated heterocycles. The molecular formula is C8H14N+. The van der Waals surface area contributed by atoms with E-state index >= 15 is 0 Å². The van der Waals surface area contributed by atoms with Crippen molar-refractivity contribution in [2.75, 3.05) is 6.54 Å². The zero-order valence-electron chi connectivity index (χ0n) is 6.44. The van der Waals surface area contributed by atoms with Crippen molar-refractivity contribution in [1.82, 2.24) is 0 Å². The highest BCUT2D eigenvalue weighted by molar-refractivity contribution is 5.59. The number of rotatable bonds is 1. The second-order valence-electron chi connectivity index (χ2n) is 2.54. The minimum absolute atomic E-state index is 1.11. The summed E-state index contributed by atoms with van der Waals surface area (Å²) >= 11 is 0. The molecule has 1 heterocycles. The van der Waals surface area contributed by atoms with E-state index in [-0.39, 0.29) is 0 Å². The molecule has 0 bridgehead atoms. The molecule has 0 saturated carbocycles. The van der Waals surface area contributed by atoms with Crippen molar-refractivity contribution in [3.05, 3.63) is 11.3 Å². The molecule has 0 N–H and O–H groups in total. The van der Waals surface area contributed by atoms with Crippen molar-refractivity contribution in [2.45, 2.75) is 27.2 Å². The van der Waals surface area contributed by atoms with Gasteiger partial charge < -0.3 is 0 Å². The predicted molar refractivity (Wildman–Crippen MR) is 39.9 cm³/mol. The molecule has 1 nitrogen and oxygen atoms in total. The highest BCUT2D eigenvalue weighted by Gasteiger charge is 2.14. The van der Waals surface area contributed by atoms with Crippen LogP contribution in [0.15, 0.2) is 11.3 Å². The van der Waals surface area contributed by atoms with Gasteiger partial charge in [-0.05, 0) is 13.8 Å². The maximum atomic E-state index is 2.30. The zero-order valence-corrected chi connectivity index (χ0v) is 6.44. The lowest BCUT2D eigenvalue weighted by Crippen LogP contribution is -2.04. The summed E-state index contributed by atoms with van der Waals surface area (Å²) in [5, 5.41) is 0. The summed E-state index contributed by atoms with van der Waals surface area (Å²) in [6, 6.07) is 0. The van der Waals surface area contributed by atoms with Crippen molar-refractivity contribution in [3.8, 4) is 0 Å². The highest BCUT2D eigenvalue weighted by atomic mass is 15.0. The van der Waals surface area contributed by atoms with Crippen LogP contribution in [0.1, 0.15) is 27.2 Å². The lowest BCUT2D eigenvalue weighted by atomic mass is 10.2. The third-order valence-corrected chi connectivity index (χ3v) is 2.01. The average Bonchev–Trinajstić information content (AvgIpc) is 2.15. The molecule has 50 valence electrons. The molecule has 1 aliphatic heterocycles. The van der Waals surface area contributed by atoms with Gasteiger partial charge in [0.15, 0.2) is 5.70 Å². The smallest absolute Gasteiger partial charge is 0.177 e. The van der Waals surface area contributed by atoms with Gasteiger partial charge in [-0.2, -0.15) is 0 Å². The van der Waals surface area contributed by atoms with E-state index in [1.807, 2.05) is 0 Å². The Kier molecular flexibility index (Phi) is 1.70. The quantitative estimate of drug-likeness (QED) is 0.469. The van der Waals surface area contributed by atoms with Crippen LogP contribution in [0.25, 0.3) is 0 Å². The average molecular weight is 124 g/mol. The van der Waals surface area contributed by atoms with Gasteiger partial charge in [0, 0.05) is 12.5 Å². The fourth-order valence-corrected chi connectivity index (χ4v) is 1.14. The molecule has 9 heavy (non-hydrogen) atoms. The van der Waals surface area contributed by atoms with Gasteiger partial charge in [0.25, 0.3) is 0 Å². The standard InChI is InChI=1S/C8H14N/c1-4-9-6-5-7(2)8(9)3/h6H,4-5H2,1-3H3/q+1. The monoisotopic (exact) mass is 124 g/mol. The van der Waals surface area contributed by atoms with E-state index in [0.717, 1.165) is 13.0 Å². The third-order valence-electron chi connectivity index (χ3n) is 2.01. The summed E-state index contributed by atoms with van der Waals surface area (Å²) in [7, 11) is 0. The molecule has 0 fully saturated rings. The van der Waals surface area contributed by atoms with Gasteiger partial charge in [-0.25, -0.2) is 4.58 Å². The Morgan fingerprint density at radius 1 is 1.56 bits per heavy atom. The molecule has 0 aromatic carbocycles. The number of hydrogen-bond donors (Lipinski definition) is 0. The first-order chi connectivity index (χ1) is 4.25. The van der Waals surface area contributed by atoms with Crippen LogP contribution in [0.3, 0.4) is 0 Å². The lowest BCUT2D eigenvalue weighted by Gasteiger charge is -1.92. The van der Waals surface area contributed by atoms with Crippen molar-refractivity contribution in [1.29, 1.82) is 0 Å². The summed E-state index contributed by atoms with van der Waals surface area (Å²) < 4.78 is 2.30. The van der Waals surface area contributed by atoms with Crippen LogP contribution in [-0.4, -0.2) is 17.3 Å². The van der Waals surface area contributed by atoms with Crippen LogP contribution in [0.2, 0.25) is 0 Å². The van der Waals surface area contributed by atoms with Crippen LogP contribution in [0, 0.1) is 0 Å². The van der Waals surface area contributed by atoms with Gasteiger partial charge in [0.2, 0.25) is 0 Å². The number of hydrogen-bond acceptors (Lipinski definition) is 0. The zero-order chi connectivity index (χ0) is 6.85. The van der Waals surface area contributed by atoms with Gasteiger partial charge >= 0.3 is 0 Å². The summed E-state index contributed by atoms with van der Waals surface area (Å²) in [5.74, 6) is 0. The topological polar surface area (TPSA) is 3.01 Å². The minimum atomic E-state index is 1.11. The van der Waals surface area contributed by atoms with E-state index in [9.17, 15) is 0 Å². The lowest BCUT2D eigenvalue weighted by molar-refractivity contribution is -0.465. The Balaban J connectivity index is 2.79.